The van der Waals surface area contributed by atoms with Gasteiger partial charge in [-0.1, -0.05) is 24.1 Å². The summed E-state index contributed by atoms with van der Waals surface area (Å²) in [5.41, 5.74) is -0.0899. The molecule has 0 aliphatic carbocycles. The molecule has 0 saturated carbocycles. The number of amides is 2. The lowest BCUT2D eigenvalue weighted by Gasteiger charge is -2.37. The lowest BCUT2D eigenvalue weighted by Crippen LogP contribution is -2.56. The van der Waals surface area contributed by atoms with E-state index in [9.17, 15) is 14.0 Å². The van der Waals surface area contributed by atoms with Crippen molar-refractivity contribution in [3.63, 3.8) is 0 Å². The highest BCUT2D eigenvalue weighted by atomic mass is 35.5. The molecule has 3 rings (SSSR count). The molecule has 8 heteroatoms. The molecule has 25 heavy (non-hydrogen) atoms. The third-order valence-electron chi connectivity index (χ3n) is 4.66. The molecule has 2 heterocycles. The van der Waals surface area contributed by atoms with Gasteiger partial charge in [0.25, 0.3) is 5.91 Å². The Balaban J connectivity index is 0.00000225. The van der Waals surface area contributed by atoms with E-state index >= 15 is 0 Å². The maximum absolute atomic E-state index is 13.9. The molecule has 1 atom stereocenters. The summed E-state index contributed by atoms with van der Waals surface area (Å²) in [5, 5.41) is 3.37. The number of nitrogens with zero attached hydrogens (tertiary/aromatic N) is 2. The van der Waals surface area contributed by atoms with Gasteiger partial charge in [-0.15, -0.1) is 12.4 Å². The molecule has 2 aliphatic rings. The molecule has 138 valence electrons. The van der Waals surface area contributed by atoms with E-state index < -0.39 is 11.7 Å². The van der Waals surface area contributed by atoms with Gasteiger partial charge in [0.05, 0.1) is 16.6 Å². The number of piperidine rings is 1. The van der Waals surface area contributed by atoms with Crippen molar-refractivity contribution in [2.45, 2.75) is 25.3 Å². The van der Waals surface area contributed by atoms with Crippen LogP contribution in [0.3, 0.4) is 0 Å². The van der Waals surface area contributed by atoms with E-state index in [1.165, 1.54) is 18.2 Å². The van der Waals surface area contributed by atoms with E-state index in [1.54, 1.807) is 9.80 Å². The first-order valence-corrected chi connectivity index (χ1v) is 8.71. The van der Waals surface area contributed by atoms with E-state index in [0.29, 0.717) is 26.2 Å². The van der Waals surface area contributed by atoms with Crippen molar-refractivity contribution in [3.8, 4) is 0 Å². The van der Waals surface area contributed by atoms with Crippen molar-refractivity contribution < 1.29 is 14.0 Å². The van der Waals surface area contributed by atoms with Crippen LogP contribution in [-0.2, 0) is 4.79 Å². The molecule has 1 aromatic carbocycles. The average molecular weight is 390 g/mol. The van der Waals surface area contributed by atoms with Crippen LogP contribution in [-0.4, -0.2) is 60.4 Å². The van der Waals surface area contributed by atoms with Gasteiger partial charge in [-0.25, -0.2) is 4.39 Å². The van der Waals surface area contributed by atoms with Crippen molar-refractivity contribution in [1.82, 2.24) is 15.1 Å². The van der Waals surface area contributed by atoms with Crippen LogP contribution < -0.4 is 5.32 Å². The number of carbonyl (C=O) groups excluding carboxylic acids is 2. The Morgan fingerprint density at radius 1 is 1.12 bits per heavy atom. The Hall–Kier alpha value is -1.37. The van der Waals surface area contributed by atoms with Crippen molar-refractivity contribution in [2.24, 2.45) is 0 Å². The Kier molecular flexibility index (Phi) is 7.04. The third-order valence-corrected chi connectivity index (χ3v) is 4.98. The molecule has 0 radical (unpaired) electrons. The van der Waals surface area contributed by atoms with Crippen LogP contribution in [0.25, 0.3) is 0 Å². The molecule has 1 N–H and O–H groups in total. The second-order valence-electron chi connectivity index (χ2n) is 6.22. The summed E-state index contributed by atoms with van der Waals surface area (Å²) in [6.45, 7) is 2.59. The monoisotopic (exact) mass is 389 g/mol. The lowest BCUT2D eigenvalue weighted by atomic mass is 10.0. The molecule has 2 fully saturated rings. The fourth-order valence-corrected chi connectivity index (χ4v) is 3.52. The van der Waals surface area contributed by atoms with Crippen LogP contribution in [0.1, 0.15) is 29.6 Å². The summed E-state index contributed by atoms with van der Waals surface area (Å²) in [6, 6.07) is 4.10. The van der Waals surface area contributed by atoms with Crippen LogP contribution in [0, 0.1) is 5.82 Å². The highest BCUT2D eigenvalue weighted by molar-refractivity contribution is 6.33. The van der Waals surface area contributed by atoms with E-state index in [4.69, 9.17) is 11.6 Å². The van der Waals surface area contributed by atoms with E-state index in [2.05, 4.69) is 5.32 Å². The fourth-order valence-electron chi connectivity index (χ4n) is 3.27. The highest BCUT2D eigenvalue weighted by Crippen LogP contribution is 2.22. The first kappa shape index (κ1) is 19.9. The number of hydrogen-bond acceptors (Lipinski definition) is 3. The predicted molar refractivity (Wildman–Crippen MR) is 96.8 cm³/mol. The molecule has 0 spiro atoms. The van der Waals surface area contributed by atoms with Crippen molar-refractivity contribution in [3.05, 3.63) is 34.6 Å². The zero-order valence-electron chi connectivity index (χ0n) is 13.8. The van der Waals surface area contributed by atoms with Gasteiger partial charge in [0.15, 0.2) is 0 Å². The van der Waals surface area contributed by atoms with Gasteiger partial charge < -0.3 is 15.1 Å². The van der Waals surface area contributed by atoms with Gasteiger partial charge in [-0.05, 0) is 31.5 Å². The zero-order chi connectivity index (χ0) is 17.1. The summed E-state index contributed by atoms with van der Waals surface area (Å²) in [4.78, 5) is 28.3. The summed E-state index contributed by atoms with van der Waals surface area (Å²) < 4.78 is 13.9. The maximum Gasteiger partial charge on any atom is 0.258 e. The Morgan fingerprint density at radius 2 is 1.80 bits per heavy atom. The van der Waals surface area contributed by atoms with Gasteiger partial charge in [-0.2, -0.15) is 0 Å². The molecule has 2 saturated heterocycles. The molecule has 1 unspecified atom stereocenters. The lowest BCUT2D eigenvalue weighted by molar-refractivity contribution is -0.135. The summed E-state index contributed by atoms with van der Waals surface area (Å²) in [5.74, 6) is -0.927. The van der Waals surface area contributed by atoms with Gasteiger partial charge in [0.1, 0.15) is 5.82 Å². The molecule has 1 aromatic rings. The van der Waals surface area contributed by atoms with Gasteiger partial charge in [0.2, 0.25) is 5.91 Å². The number of nitrogens with one attached hydrogen (secondary N) is 1. The van der Waals surface area contributed by atoms with Gasteiger partial charge >= 0.3 is 0 Å². The van der Waals surface area contributed by atoms with Crippen molar-refractivity contribution in [2.75, 3.05) is 32.7 Å². The number of hydrogen-bond donors (Lipinski definition) is 1. The average Bonchev–Trinajstić information content (AvgIpc) is 2.62. The smallest absolute Gasteiger partial charge is 0.258 e. The second kappa shape index (κ2) is 8.83. The molecule has 0 aromatic heterocycles. The van der Waals surface area contributed by atoms with Gasteiger partial charge in [-0.3, -0.25) is 9.59 Å². The summed E-state index contributed by atoms with van der Waals surface area (Å²) >= 11 is 5.96. The number of piperazine rings is 1. The van der Waals surface area contributed by atoms with E-state index in [1.807, 2.05) is 0 Å². The maximum atomic E-state index is 13.9. The minimum Gasteiger partial charge on any atom is -0.338 e. The van der Waals surface area contributed by atoms with Crippen molar-refractivity contribution >= 4 is 35.8 Å². The standard InChI is InChI=1S/C17H21ClFN3O2.ClH/c18-12-4-3-5-13(19)15(12)17(24)22-10-8-21(9-11-22)16(23)14-6-1-2-7-20-14;/h3-5,14,20H,1-2,6-11H2;1H. The van der Waals surface area contributed by atoms with Crippen molar-refractivity contribution in [1.29, 1.82) is 0 Å². The Bertz CT molecular complexity index is 610. The normalized spacial score (nSPS) is 20.8. The topological polar surface area (TPSA) is 52.7 Å². The Labute approximate surface area is 157 Å². The number of rotatable bonds is 2. The highest BCUT2D eigenvalue weighted by Gasteiger charge is 2.31. The largest absolute Gasteiger partial charge is 0.338 e. The number of carbonyl (C=O) groups is 2. The molecule has 2 amide bonds. The molecule has 0 bridgehead atoms. The first-order valence-electron chi connectivity index (χ1n) is 8.33. The van der Waals surface area contributed by atoms with E-state index in [-0.39, 0.29) is 34.9 Å². The first-order chi connectivity index (χ1) is 11.6. The Morgan fingerprint density at radius 3 is 2.40 bits per heavy atom. The SMILES string of the molecule is Cl.O=C(c1c(F)cccc1Cl)N1CCN(C(=O)C2CCCCN2)CC1. The van der Waals surface area contributed by atoms with Crippen LogP contribution >= 0.6 is 24.0 Å². The van der Waals surface area contributed by atoms with Gasteiger partial charge in [0, 0.05) is 26.2 Å². The minimum absolute atomic E-state index is 0. The minimum atomic E-state index is -0.614. The summed E-state index contributed by atoms with van der Waals surface area (Å²) in [7, 11) is 0. The van der Waals surface area contributed by atoms with Crippen LogP contribution in [0.15, 0.2) is 18.2 Å². The van der Waals surface area contributed by atoms with Crippen LogP contribution in [0.4, 0.5) is 4.39 Å². The predicted octanol–water partition coefficient (Wildman–Crippen LogP) is 2.33. The molecule has 2 aliphatic heterocycles. The molecule has 5 nitrogen and oxygen atoms in total. The number of halogens is 3. The summed E-state index contributed by atoms with van der Waals surface area (Å²) in [6.07, 6.45) is 3.03. The zero-order valence-corrected chi connectivity index (χ0v) is 15.4. The second-order valence-corrected chi connectivity index (χ2v) is 6.62. The third kappa shape index (κ3) is 4.43. The molecular weight excluding hydrogens is 368 g/mol. The fraction of sp³-hybridized carbons (Fsp3) is 0.529. The quantitative estimate of drug-likeness (QED) is 0.844. The van der Waals surface area contributed by atoms with Crippen LogP contribution in [0.5, 0.6) is 0 Å². The van der Waals surface area contributed by atoms with E-state index in [0.717, 1.165) is 25.8 Å². The number of benzene rings is 1. The van der Waals surface area contributed by atoms with Crippen LogP contribution in [0.2, 0.25) is 5.02 Å². The molecular formula is C17H22Cl2FN3O2.